The maximum Gasteiger partial charge on any atom is 0.335 e. The fourth-order valence-corrected chi connectivity index (χ4v) is 3.57. The van der Waals surface area contributed by atoms with Gasteiger partial charge in [-0.25, -0.2) is 9.78 Å². The molecule has 0 radical (unpaired) electrons. The van der Waals surface area contributed by atoms with E-state index in [1.165, 1.54) is 5.57 Å². The summed E-state index contributed by atoms with van der Waals surface area (Å²) < 4.78 is 6.28. The van der Waals surface area contributed by atoms with Crippen LogP contribution in [0.4, 0.5) is 5.82 Å². The van der Waals surface area contributed by atoms with E-state index in [2.05, 4.69) is 52.3 Å². The minimum atomic E-state index is -0.494. The van der Waals surface area contributed by atoms with Crippen LogP contribution in [0.5, 0.6) is 5.75 Å². The van der Waals surface area contributed by atoms with Gasteiger partial charge in [-0.05, 0) is 52.4 Å². The number of aromatic nitrogens is 1. The van der Waals surface area contributed by atoms with Gasteiger partial charge in [-0.1, -0.05) is 43.0 Å². The topological polar surface area (TPSA) is 42.4 Å². The lowest BCUT2D eigenvalue weighted by Crippen LogP contribution is -2.33. The summed E-state index contributed by atoms with van der Waals surface area (Å²) in [5, 5.41) is 0.914. The minimum Gasteiger partial charge on any atom is -0.420 e. The normalized spacial score (nSPS) is 17.8. The summed E-state index contributed by atoms with van der Waals surface area (Å²) in [7, 11) is 0. The summed E-state index contributed by atoms with van der Waals surface area (Å²) in [5.74, 6) is 0.763. The first-order valence-electron chi connectivity index (χ1n) is 8.12. The van der Waals surface area contributed by atoms with Crippen LogP contribution in [0.15, 0.2) is 85.1 Å². The average molecular weight is 454 g/mol. The molecule has 2 aromatic rings. The smallest absolute Gasteiger partial charge is 0.335 e. The molecule has 1 aromatic carbocycles. The zero-order valence-electron chi connectivity index (χ0n) is 13.8. The fraction of sp³-hybridized carbons (Fsp3) is 0.0476. The predicted octanol–water partition coefficient (Wildman–Crippen LogP) is 4.69. The van der Waals surface area contributed by atoms with E-state index >= 15 is 0 Å². The minimum absolute atomic E-state index is 0.108. The second kappa shape index (κ2) is 6.92. The molecule has 0 bridgehead atoms. The highest BCUT2D eigenvalue weighted by Crippen LogP contribution is 2.33. The molecule has 0 fully saturated rings. The number of anilines is 1. The first kappa shape index (κ1) is 16.8. The van der Waals surface area contributed by atoms with E-state index in [0.29, 0.717) is 11.3 Å². The number of fused-ring (bicyclic) bond motifs is 2. The molecule has 1 atom stereocenters. The third kappa shape index (κ3) is 2.99. The van der Waals surface area contributed by atoms with E-state index in [1.807, 2.05) is 48.7 Å². The quantitative estimate of drug-likeness (QED) is 0.292. The highest BCUT2D eigenvalue weighted by atomic mass is 127. The van der Waals surface area contributed by atoms with E-state index in [4.69, 9.17) is 9.72 Å². The van der Waals surface area contributed by atoms with Gasteiger partial charge in [0, 0.05) is 17.7 Å². The van der Waals surface area contributed by atoms with Gasteiger partial charge >= 0.3 is 5.97 Å². The van der Waals surface area contributed by atoms with Gasteiger partial charge in [-0.3, -0.25) is 0 Å². The molecule has 1 aliphatic heterocycles. The van der Waals surface area contributed by atoms with Gasteiger partial charge in [0.25, 0.3) is 0 Å². The zero-order chi connectivity index (χ0) is 18.1. The Balaban J connectivity index is 1.81. The molecule has 0 amide bonds. The number of carbonyl (C=O) groups excluding carboxylic acids is 1. The van der Waals surface area contributed by atoms with E-state index in [1.54, 1.807) is 0 Å². The summed E-state index contributed by atoms with van der Waals surface area (Å²) in [5.41, 5.74) is 1.86. The van der Waals surface area contributed by atoms with Crippen molar-refractivity contribution in [3.8, 4) is 5.75 Å². The van der Waals surface area contributed by atoms with Crippen molar-refractivity contribution >= 4 is 45.3 Å². The number of halogens is 1. The van der Waals surface area contributed by atoms with E-state index < -0.39 is 5.97 Å². The lowest BCUT2D eigenvalue weighted by molar-refractivity contribution is -0.128. The van der Waals surface area contributed by atoms with Crippen molar-refractivity contribution in [3.63, 3.8) is 0 Å². The molecular weight excluding hydrogens is 439 g/mol. The number of pyridine rings is 1. The summed E-state index contributed by atoms with van der Waals surface area (Å²) in [4.78, 5) is 18.7. The van der Waals surface area contributed by atoms with Gasteiger partial charge in [-0.2, -0.15) is 0 Å². The van der Waals surface area contributed by atoms with Crippen LogP contribution >= 0.6 is 22.6 Å². The third-order valence-electron chi connectivity index (χ3n) is 4.26. The van der Waals surface area contributed by atoms with E-state index in [0.717, 1.165) is 20.9 Å². The molecule has 1 aliphatic carbocycles. The van der Waals surface area contributed by atoms with Crippen LogP contribution in [0.25, 0.3) is 10.9 Å². The highest BCUT2D eigenvalue weighted by Gasteiger charge is 2.23. The van der Waals surface area contributed by atoms with Crippen molar-refractivity contribution in [2.75, 3.05) is 4.90 Å². The second-order valence-corrected chi connectivity index (χ2v) is 7.01. The largest absolute Gasteiger partial charge is 0.420 e. The monoisotopic (exact) mass is 454 g/mol. The molecule has 2 heterocycles. The predicted molar refractivity (Wildman–Crippen MR) is 112 cm³/mol. The van der Waals surface area contributed by atoms with Crippen molar-refractivity contribution in [1.29, 1.82) is 0 Å². The van der Waals surface area contributed by atoms with Crippen molar-refractivity contribution in [3.05, 3.63) is 88.7 Å². The number of rotatable bonds is 3. The maximum atomic E-state index is 11.7. The van der Waals surface area contributed by atoms with Crippen molar-refractivity contribution in [2.45, 2.75) is 6.04 Å². The van der Waals surface area contributed by atoms with Crippen LogP contribution in [-0.4, -0.2) is 17.0 Å². The van der Waals surface area contributed by atoms with Crippen LogP contribution in [0.2, 0.25) is 0 Å². The van der Waals surface area contributed by atoms with Crippen molar-refractivity contribution in [1.82, 2.24) is 4.98 Å². The molecule has 4 nitrogen and oxygen atoms in total. The number of carbonyl (C=O) groups is 1. The van der Waals surface area contributed by atoms with Crippen LogP contribution in [0.1, 0.15) is 0 Å². The number of allylic oxidation sites excluding steroid dienone is 4. The first-order chi connectivity index (χ1) is 12.7. The Labute approximate surface area is 165 Å². The summed E-state index contributed by atoms with van der Waals surface area (Å²) in [6.07, 6.45) is 15.6. The Morgan fingerprint density at radius 1 is 1.23 bits per heavy atom. The molecule has 0 saturated heterocycles. The molecule has 2 aliphatic rings. The standard InChI is InChI=1S/C21H15IN2O2/c1-2-19(25)26-21-16(22)11-9-15-10-12-18(23-20(15)21)24-13-5-7-14-6-3-4-8-17(14)24/h2-13,17H,1H2. The Hall–Kier alpha value is -2.67. The Kier molecular flexibility index (Phi) is 4.46. The molecule has 0 spiro atoms. The zero-order valence-corrected chi connectivity index (χ0v) is 16.0. The summed E-state index contributed by atoms with van der Waals surface area (Å²) >= 11 is 2.15. The SMILES string of the molecule is C=CC(=O)Oc1c(I)ccc2ccc(N3C=CC=C4C=CC=CC43)nc12. The lowest BCUT2D eigenvalue weighted by atomic mass is 9.98. The Bertz CT molecular complexity index is 1030. The number of hydrogen-bond acceptors (Lipinski definition) is 4. The molecule has 128 valence electrons. The van der Waals surface area contributed by atoms with Gasteiger partial charge in [-0.15, -0.1) is 0 Å². The van der Waals surface area contributed by atoms with Gasteiger partial charge in [0.1, 0.15) is 11.3 Å². The second-order valence-electron chi connectivity index (χ2n) is 5.85. The lowest BCUT2D eigenvalue weighted by Gasteiger charge is -2.32. The van der Waals surface area contributed by atoms with Crippen LogP contribution in [0, 0.1) is 3.57 Å². The number of benzene rings is 1. The highest BCUT2D eigenvalue weighted by molar-refractivity contribution is 14.1. The summed E-state index contributed by atoms with van der Waals surface area (Å²) in [6, 6.07) is 7.96. The van der Waals surface area contributed by atoms with Crippen LogP contribution < -0.4 is 9.64 Å². The number of hydrogen-bond donors (Lipinski definition) is 0. The molecule has 5 heteroatoms. The Morgan fingerprint density at radius 2 is 2.08 bits per heavy atom. The molecule has 0 saturated carbocycles. The van der Waals surface area contributed by atoms with Crippen LogP contribution in [0.3, 0.4) is 0 Å². The molecular formula is C21H15IN2O2. The number of nitrogens with zero attached hydrogens (tertiary/aromatic N) is 2. The number of ether oxygens (including phenoxy) is 1. The van der Waals surface area contributed by atoms with E-state index in [9.17, 15) is 4.79 Å². The fourth-order valence-electron chi connectivity index (χ4n) is 3.02. The van der Waals surface area contributed by atoms with Gasteiger partial charge < -0.3 is 9.64 Å². The molecule has 26 heavy (non-hydrogen) atoms. The molecule has 4 rings (SSSR count). The molecule has 0 N–H and O–H groups in total. The third-order valence-corrected chi connectivity index (χ3v) is 5.11. The summed E-state index contributed by atoms with van der Waals surface area (Å²) in [6.45, 7) is 3.47. The molecule has 1 unspecified atom stereocenters. The number of esters is 1. The van der Waals surface area contributed by atoms with Crippen molar-refractivity contribution in [2.24, 2.45) is 0 Å². The average Bonchev–Trinajstić information content (AvgIpc) is 2.69. The Morgan fingerprint density at radius 3 is 2.92 bits per heavy atom. The first-order valence-corrected chi connectivity index (χ1v) is 9.20. The van der Waals surface area contributed by atoms with Crippen LogP contribution in [-0.2, 0) is 4.79 Å². The van der Waals surface area contributed by atoms with Gasteiger partial charge in [0.05, 0.1) is 9.61 Å². The van der Waals surface area contributed by atoms with Gasteiger partial charge in [0.15, 0.2) is 5.75 Å². The van der Waals surface area contributed by atoms with Gasteiger partial charge in [0.2, 0.25) is 0 Å². The maximum absolute atomic E-state index is 11.7. The van der Waals surface area contributed by atoms with Crippen molar-refractivity contribution < 1.29 is 9.53 Å². The molecule has 1 aromatic heterocycles. The van der Waals surface area contributed by atoms with E-state index in [-0.39, 0.29) is 6.04 Å².